The number of carboxylic acids is 1. The average molecular weight is 645 g/mol. The molecule has 0 heterocycles. The van der Waals surface area contributed by atoms with Crippen LogP contribution in [0.2, 0.25) is 0 Å². The third kappa shape index (κ3) is 5.06. The van der Waals surface area contributed by atoms with Crippen molar-refractivity contribution in [3.63, 3.8) is 0 Å². The molecule has 0 saturated heterocycles. The number of hydrogen-bond acceptors (Lipinski definition) is 4. The number of carboxylic acid groups (broad SMARTS) is 1. The lowest BCUT2D eigenvalue weighted by molar-refractivity contribution is -0.145. The Kier molecular flexibility index (Phi) is 8.63. The van der Waals surface area contributed by atoms with Gasteiger partial charge in [0, 0.05) is 10.1 Å². The van der Waals surface area contributed by atoms with E-state index in [-0.39, 0.29) is 19.1 Å². The monoisotopic (exact) mass is 645 g/mol. The molecule has 0 aliphatic carbocycles. The first-order valence-electron chi connectivity index (χ1n) is 6.29. The number of amides is 1. The summed E-state index contributed by atoms with van der Waals surface area (Å²) < 4.78 is 7.62. The van der Waals surface area contributed by atoms with Crippen molar-refractivity contribution in [2.75, 3.05) is 13.2 Å². The molecule has 1 unspecified atom stereocenters. The van der Waals surface area contributed by atoms with E-state index in [4.69, 9.17) is 14.9 Å². The zero-order valence-electron chi connectivity index (χ0n) is 11.5. The maximum Gasteiger partial charge on any atom is 0.344 e. The number of nitrogens with one attached hydrogen (secondary N) is 1. The minimum atomic E-state index is -1.04. The first-order valence-corrected chi connectivity index (χ1v) is 9.53. The van der Waals surface area contributed by atoms with E-state index in [2.05, 4.69) is 27.9 Å². The SMILES string of the molecule is CCC(Oc1c(I)cc(I)c(C(=O)NCCO)c1I)C(=O)O. The predicted octanol–water partition coefficient (Wildman–Crippen LogP) is 2.46. The second-order valence-corrected chi connectivity index (χ2v) is 7.59. The number of hydrogen-bond donors (Lipinski definition) is 3. The van der Waals surface area contributed by atoms with E-state index in [1.54, 1.807) is 13.0 Å². The highest BCUT2D eigenvalue weighted by atomic mass is 127. The van der Waals surface area contributed by atoms with Gasteiger partial charge in [0.1, 0.15) is 5.75 Å². The van der Waals surface area contributed by atoms with E-state index >= 15 is 0 Å². The summed E-state index contributed by atoms with van der Waals surface area (Å²) in [5, 5.41) is 20.5. The molecule has 0 saturated carbocycles. The second-order valence-electron chi connectivity index (χ2n) is 4.19. The molecule has 6 nitrogen and oxygen atoms in total. The molecular weight excluding hydrogens is 631 g/mol. The van der Waals surface area contributed by atoms with Crippen molar-refractivity contribution in [2.45, 2.75) is 19.4 Å². The van der Waals surface area contributed by atoms with Crippen molar-refractivity contribution in [3.8, 4) is 5.75 Å². The largest absolute Gasteiger partial charge is 0.479 e. The Morgan fingerprint density at radius 1 is 1.32 bits per heavy atom. The summed E-state index contributed by atoms with van der Waals surface area (Å²) in [5.41, 5.74) is 0.422. The van der Waals surface area contributed by atoms with Crippen LogP contribution in [-0.2, 0) is 4.79 Å². The van der Waals surface area contributed by atoms with Crippen LogP contribution in [0.3, 0.4) is 0 Å². The number of aliphatic hydroxyl groups excluding tert-OH is 1. The molecule has 0 aromatic heterocycles. The quantitative estimate of drug-likeness (QED) is 0.397. The fourth-order valence-electron chi connectivity index (χ4n) is 1.60. The number of ether oxygens (including phenoxy) is 1. The topological polar surface area (TPSA) is 95.9 Å². The molecule has 1 aromatic carbocycles. The van der Waals surface area contributed by atoms with Crippen molar-refractivity contribution in [1.82, 2.24) is 5.32 Å². The second kappa shape index (κ2) is 9.42. The van der Waals surface area contributed by atoms with Crippen LogP contribution in [0.4, 0.5) is 0 Å². The average Bonchev–Trinajstić information content (AvgIpc) is 2.44. The molecule has 1 atom stereocenters. The van der Waals surface area contributed by atoms with Gasteiger partial charge in [-0.2, -0.15) is 0 Å². The van der Waals surface area contributed by atoms with Gasteiger partial charge in [0.2, 0.25) is 0 Å². The van der Waals surface area contributed by atoms with Crippen molar-refractivity contribution < 1.29 is 24.5 Å². The van der Waals surface area contributed by atoms with Crippen molar-refractivity contribution in [3.05, 3.63) is 22.3 Å². The van der Waals surface area contributed by atoms with E-state index in [9.17, 15) is 9.59 Å². The summed E-state index contributed by atoms with van der Waals surface area (Å²) in [7, 11) is 0. The van der Waals surface area contributed by atoms with Gasteiger partial charge < -0.3 is 20.3 Å². The molecular formula is C13H14I3NO5. The number of carbonyl (C=O) groups is 2. The lowest BCUT2D eigenvalue weighted by Gasteiger charge is -2.18. The normalized spacial score (nSPS) is 11.9. The van der Waals surface area contributed by atoms with Gasteiger partial charge in [0.15, 0.2) is 6.10 Å². The summed E-state index contributed by atoms with van der Waals surface area (Å²) in [5.74, 6) is -0.976. The van der Waals surface area contributed by atoms with Crippen LogP contribution >= 0.6 is 67.8 Å². The van der Waals surface area contributed by atoms with Crippen LogP contribution in [0, 0.1) is 10.7 Å². The minimum absolute atomic E-state index is 0.149. The standard InChI is InChI=1S/C13H14I3NO5/c1-2-8(13(20)21)22-11-7(15)5-6(14)9(10(11)16)12(19)17-3-4-18/h5,8,18H,2-4H2,1H3,(H,17,19)(H,20,21). The van der Waals surface area contributed by atoms with Crippen LogP contribution in [0.1, 0.15) is 23.7 Å². The van der Waals surface area contributed by atoms with Crippen molar-refractivity contribution >= 4 is 79.6 Å². The highest BCUT2D eigenvalue weighted by Crippen LogP contribution is 2.34. The fraction of sp³-hybridized carbons (Fsp3) is 0.385. The van der Waals surface area contributed by atoms with Gasteiger partial charge in [-0.15, -0.1) is 0 Å². The summed E-state index contributed by atoms with van der Waals surface area (Å²) in [6.07, 6.45) is -0.644. The molecule has 22 heavy (non-hydrogen) atoms. The van der Waals surface area contributed by atoms with Crippen LogP contribution in [-0.4, -0.2) is 41.3 Å². The number of carbonyl (C=O) groups excluding carboxylic acids is 1. The Labute approximate surface area is 168 Å². The molecule has 1 rings (SSSR count). The smallest absolute Gasteiger partial charge is 0.344 e. The minimum Gasteiger partial charge on any atom is -0.479 e. The first kappa shape index (κ1) is 20.2. The van der Waals surface area contributed by atoms with Gasteiger partial charge in [-0.05, 0) is 80.3 Å². The highest BCUT2D eigenvalue weighted by molar-refractivity contribution is 14.1. The summed E-state index contributed by atoms with van der Waals surface area (Å²) in [4.78, 5) is 23.3. The molecule has 0 fully saturated rings. The van der Waals surface area contributed by atoms with Gasteiger partial charge in [-0.3, -0.25) is 4.79 Å². The summed E-state index contributed by atoms with van der Waals surface area (Å²) in [6.45, 7) is 1.73. The highest BCUT2D eigenvalue weighted by Gasteiger charge is 2.24. The fourth-order valence-corrected chi connectivity index (χ4v) is 5.71. The van der Waals surface area contributed by atoms with E-state index < -0.39 is 12.1 Å². The number of benzene rings is 1. The van der Waals surface area contributed by atoms with Gasteiger partial charge in [-0.1, -0.05) is 6.92 Å². The number of aliphatic carboxylic acids is 1. The number of rotatable bonds is 7. The zero-order chi connectivity index (χ0) is 16.9. The van der Waals surface area contributed by atoms with Crippen LogP contribution in [0.5, 0.6) is 5.75 Å². The summed E-state index contributed by atoms with van der Waals surface area (Å²) in [6, 6.07) is 1.76. The van der Waals surface area contributed by atoms with Crippen LogP contribution < -0.4 is 10.1 Å². The molecule has 9 heteroatoms. The predicted molar refractivity (Wildman–Crippen MR) is 106 cm³/mol. The number of aliphatic hydroxyl groups is 1. The van der Waals surface area contributed by atoms with Gasteiger partial charge in [-0.25, -0.2) is 4.79 Å². The van der Waals surface area contributed by atoms with E-state index in [1.807, 2.05) is 45.2 Å². The van der Waals surface area contributed by atoms with Crippen LogP contribution in [0.25, 0.3) is 0 Å². The Morgan fingerprint density at radius 3 is 2.45 bits per heavy atom. The Bertz CT molecular complexity index is 579. The van der Waals surface area contributed by atoms with E-state index in [0.717, 1.165) is 7.14 Å². The molecule has 0 aliphatic heterocycles. The summed E-state index contributed by atoms with van der Waals surface area (Å²) >= 11 is 6.08. The Hall–Kier alpha value is 0.110. The van der Waals surface area contributed by atoms with Crippen LogP contribution in [0.15, 0.2) is 6.07 Å². The maximum atomic E-state index is 12.2. The molecule has 0 aliphatic rings. The molecule has 0 bridgehead atoms. The van der Waals surface area contributed by atoms with E-state index in [1.165, 1.54) is 0 Å². The molecule has 122 valence electrons. The lowest BCUT2D eigenvalue weighted by Crippen LogP contribution is -2.29. The molecule has 1 amide bonds. The number of halogens is 3. The van der Waals surface area contributed by atoms with Crippen molar-refractivity contribution in [1.29, 1.82) is 0 Å². The zero-order valence-corrected chi connectivity index (χ0v) is 18.0. The lowest BCUT2D eigenvalue weighted by atomic mass is 10.2. The molecule has 0 spiro atoms. The van der Waals surface area contributed by atoms with Gasteiger partial charge in [0.05, 0.1) is 19.3 Å². The van der Waals surface area contributed by atoms with Gasteiger partial charge in [0.25, 0.3) is 5.91 Å². The Balaban J connectivity index is 3.24. The Morgan fingerprint density at radius 2 is 1.95 bits per heavy atom. The van der Waals surface area contributed by atoms with Gasteiger partial charge >= 0.3 is 5.97 Å². The third-order valence-corrected chi connectivity index (χ3v) is 5.34. The molecule has 3 N–H and O–H groups in total. The van der Waals surface area contributed by atoms with E-state index in [0.29, 0.717) is 21.3 Å². The third-order valence-electron chi connectivity index (χ3n) is 2.66. The molecule has 1 aromatic rings. The first-order chi connectivity index (χ1) is 10.3. The van der Waals surface area contributed by atoms with Crippen molar-refractivity contribution in [2.24, 2.45) is 0 Å². The molecule has 0 radical (unpaired) electrons. The maximum absolute atomic E-state index is 12.2.